The maximum atomic E-state index is 4.21. The van der Waals surface area contributed by atoms with Crippen LogP contribution in [0, 0.1) is 11.8 Å². The quantitative estimate of drug-likeness (QED) is 0.632. The molecule has 0 aromatic carbocycles. The summed E-state index contributed by atoms with van der Waals surface area (Å²) >= 11 is 0. The van der Waals surface area contributed by atoms with Crippen molar-refractivity contribution in [3.63, 3.8) is 0 Å². The summed E-state index contributed by atoms with van der Waals surface area (Å²) in [5.74, 6) is 2.00. The topological polar surface area (TPSA) is 12.0 Å². The summed E-state index contributed by atoms with van der Waals surface area (Å²) in [6.45, 7) is 8.80. The molecule has 2 aliphatic carbocycles. The van der Waals surface area contributed by atoms with E-state index in [-0.39, 0.29) is 0 Å². The van der Waals surface area contributed by atoms with Gasteiger partial charge < -0.3 is 5.32 Å². The van der Waals surface area contributed by atoms with E-state index >= 15 is 0 Å². The van der Waals surface area contributed by atoms with Crippen LogP contribution in [0.25, 0.3) is 0 Å². The summed E-state index contributed by atoms with van der Waals surface area (Å²) in [7, 11) is 0. The van der Waals surface area contributed by atoms with Gasteiger partial charge in [-0.15, -0.1) is 0 Å². The zero-order chi connectivity index (χ0) is 13.7. The lowest BCUT2D eigenvalue weighted by Crippen LogP contribution is -2.41. The monoisotopic (exact) mass is 263 g/mol. The van der Waals surface area contributed by atoms with Crippen molar-refractivity contribution in [2.75, 3.05) is 0 Å². The van der Waals surface area contributed by atoms with Crippen LogP contribution in [0.5, 0.6) is 0 Å². The first-order chi connectivity index (χ1) is 9.15. The third-order valence-electron chi connectivity index (χ3n) is 5.38. The Bertz CT molecular complexity index is 271. The molecule has 2 fully saturated rings. The summed E-state index contributed by atoms with van der Waals surface area (Å²) in [6, 6.07) is 1.32. The minimum absolute atomic E-state index is 0.568. The van der Waals surface area contributed by atoms with Crippen molar-refractivity contribution in [1.29, 1.82) is 0 Å². The predicted molar refractivity (Wildman–Crippen MR) is 84.3 cm³/mol. The molecule has 2 aliphatic rings. The zero-order valence-corrected chi connectivity index (χ0v) is 13.1. The third kappa shape index (κ3) is 4.95. The Kier molecular flexibility index (Phi) is 5.94. The lowest BCUT2D eigenvalue weighted by atomic mass is 9.81. The average Bonchev–Trinajstić information content (AvgIpc) is 2.33. The molecule has 0 saturated heterocycles. The van der Waals surface area contributed by atoms with E-state index in [0.717, 1.165) is 17.9 Å². The molecule has 0 heterocycles. The Morgan fingerprint density at radius 2 is 1.84 bits per heavy atom. The molecular formula is C18H33N. The van der Waals surface area contributed by atoms with Crippen molar-refractivity contribution in [1.82, 2.24) is 5.32 Å². The standard InChI is InChI=1S/C18H33N/c1-14(2)18(9-5-8-16-6-4-7-16)19-17-12-10-15(3)11-13-17/h15-19H,1,4-13H2,2-3H3/t15?,17?,18-/m0/s1. The zero-order valence-electron chi connectivity index (χ0n) is 13.1. The van der Waals surface area contributed by atoms with Crippen molar-refractivity contribution in [2.45, 2.75) is 90.1 Å². The van der Waals surface area contributed by atoms with Crippen LogP contribution in [0.1, 0.15) is 78.1 Å². The first-order valence-corrected chi connectivity index (χ1v) is 8.56. The van der Waals surface area contributed by atoms with Gasteiger partial charge in [-0.3, -0.25) is 0 Å². The van der Waals surface area contributed by atoms with E-state index in [2.05, 4.69) is 25.7 Å². The van der Waals surface area contributed by atoms with Crippen molar-refractivity contribution < 1.29 is 0 Å². The van der Waals surface area contributed by atoms with Gasteiger partial charge >= 0.3 is 0 Å². The molecule has 19 heavy (non-hydrogen) atoms. The first-order valence-electron chi connectivity index (χ1n) is 8.56. The summed E-state index contributed by atoms with van der Waals surface area (Å²) in [5, 5.41) is 3.89. The SMILES string of the molecule is C=C(C)[C@H](CCCC1CCC1)NC1CCC(C)CC1. The van der Waals surface area contributed by atoms with Gasteiger partial charge in [0.2, 0.25) is 0 Å². The molecule has 110 valence electrons. The van der Waals surface area contributed by atoms with Crippen LogP contribution >= 0.6 is 0 Å². The highest BCUT2D eigenvalue weighted by Crippen LogP contribution is 2.31. The minimum Gasteiger partial charge on any atom is -0.308 e. The Hall–Kier alpha value is -0.300. The second kappa shape index (κ2) is 7.47. The molecule has 2 rings (SSSR count). The Morgan fingerprint density at radius 3 is 2.37 bits per heavy atom. The Labute approximate surface area is 120 Å². The summed E-state index contributed by atoms with van der Waals surface area (Å²) in [5.41, 5.74) is 1.34. The molecule has 0 unspecified atom stereocenters. The fourth-order valence-corrected chi connectivity index (χ4v) is 3.58. The van der Waals surface area contributed by atoms with Crippen LogP contribution in [0.3, 0.4) is 0 Å². The molecule has 1 N–H and O–H groups in total. The van der Waals surface area contributed by atoms with E-state index in [0.29, 0.717) is 6.04 Å². The predicted octanol–water partition coefficient (Wildman–Crippen LogP) is 5.07. The fourth-order valence-electron chi connectivity index (χ4n) is 3.58. The molecule has 0 amide bonds. The first kappa shape index (κ1) is 15.1. The molecule has 1 nitrogen and oxygen atoms in total. The molecule has 0 aromatic heterocycles. The van der Waals surface area contributed by atoms with Gasteiger partial charge in [0.15, 0.2) is 0 Å². The van der Waals surface area contributed by atoms with Gasteiger partial charge in [0.1, 0.15) is 0 Å². The third-order valence-corrected chi connectivity index (χ3v) is 5.38. The normalized spacial score (nSPS) is 29.8. The highest BCUT2D eigenvalue weighted by atomic mass is 15.0. The lowest BCUT2D eigenvalue weighted by molar-refractivity contribution is 0.268. The van der Waals surface area contributed by atoms with E-state index in [1.165, 1.54) is 69.8 Å². The largest absolute Gasteiger partial charge is 0.308 e. The maximum Gasteiger partial charge on any atom is 0.0276 e. The lowest BCUT2D eigenvalue weighted by Gasteiger charge is -2.32. The van der Waals surface area contributed by atoms with Crippen molar-refractivity contribution in [3.8, 4) is 0 Å². The number of nitrogens with one attached hydrogen (secondary N) is 1. The average molecular weight is 263 g/mol. The van der Waals surface area contributed by atoms with E-state index in [1.807, 2.05) is 0 Å². The second-order valence-corrected chi connectivity index (χ2v) is 7.25. The second-order valence-electron chi connectivity index (χ2n) is 7.25. The molecule has 0 aromatic rings. The summed E-state index contributed by atoms with van der Waals surface area (Å²) in [6.07, 6.45) is 14.2. The minimum atomic E-state index is 0.568. The van der Waals surface area contributed by atoms with Gasteiger partial charge in [0, 0.05) is 12.1 Å². The summed E-state index contributed by atoms with van der Waals surface area (Å²) < 4.78 is 0. The van der Waals surface area contributed by atoms with Crippen LogP contribution in [-0.2, 0) is 0 Å². The molecule has 1 heteroatoms. The number of hydrogen-bond donors (Lipinski definition) is 1. The van der Waals surface area contributed by atoms with Crippen LogP contribution in [0.15, 0.2) is 12.2 Å². The highest BCUT2D eigenvalue weighted by Gasteiger charge is 2.22. The van der Waals surface area contributed by atoms with Gasteiger partial charge in [-0.2, -0.15) is 0 Å². The van der Waals surface area contributed by atoms with E-state index in [4.69, 9.17) is 0 Å². The van der Waals surface area contributed by atoms with Crippen molar-refractivity contribution in [2.24, 2.45) is 11.8 Å². The smallest absolute Gasteiger partial charge is 0.0276 e. The Morgan fingerprint density at radius 1 is 1.16 bits per heavy atom. The maximum absolute atomic E-state index is 4.21. The van der Waals surface area contributed by atoms with Gasteiger partial charge in [0.05, 0.1) is 0 Å². The van der Waals surface area contributed by atoms with Crippen molar-refractivity contribution >= 4 is 0 Å². The highest BCUT2D eigenvalue weighted by molar-refractivity contribution is 5.02. The summed E-state index contributed by atoms with van der Waals surface area (Å²) in [4.78, 5) is 0. The molecular weight excluding hydrogens is 230 g/mol. The van der Waals surface area contributed by atoms with Crippen LogP contribution in [0.4, 0.5) is 0 Å². The number of hydrogen-bond acceptors (Lipinski definition) is 1. The molecule has 0 aliphatic heterocycles. The van der Waals surface area contributed by atoms with Gasteiger partial charge in [-0.1, -0.05) is 51.2 Å². The van der Waals surface area contributed by atoms with Gasteiger partial charge in [-0.25, -0.2) is 0 Å². The fraction of sp³-hybridized carbons (Fsp3) is 0.889. The van der Waals surface area contributed by atoms with Gasteiger partial charge in [0.25, 0.3) is 0 Å². The van der Waals surface area contributed by atoms with E-state index in [1.54, 1.807) is 0 Å². The van der Waals surface area contributed by atoms with Crippen molar-refractivity contribution in [3.05, 3.63) is 12.2 Å². The van der Waals surface area contributed by atoms with E-state index < -0.39 is 0 Å². The number of rotatable bonds is 7. The molecule has 2 saturated carbocycles. The van der Waals surface area contributed by atoms with Crippen LogP contribution in [0.2, 0.25) is 0 Å². The molecule has 0 spiro atoms. The van der Waals surface area contributed by atoms with Crippen LogP contribution in [-0.4, -0.2) is 12.1 Å². The Balaban J connectivity index is 1.67. The van der Waals surface area contributed by atoms with Crippen LogP contribution < -0.4 is 5.32 Å². The van der Waals surface area contributed by atoms with Gasteiger partial charge in [-0.05, 0) is 50.9 Å². The molecule has 0 bridgehead atoms. The van der Waals surface area contributed by atoms with E-state index in [9.17, 15) is 0 Å². The molecule has 1 atom stereocenters. The molecule has 0 radical (unpaired) electrons.